The summed E-state index contributed by atoms with van der Waals surface area (Å²) in [6, 6.07) is 16.9. The van der Waals surface area contributed by atoms with E-state index >= 15 is 0 Å². The van der Waals surface area contributed by atoms with Crippen LogP contribution in [0.25, 0.3) is 11.0 Å². The third kappa shape index (κ3) is 2.96. The summed E-state index contributed by atoms with van der Waals surface area (Å²) in [5.74, 6) is 0.0833. The lowest BCUT2D eigenvalue weighted by Crippen LogP contribution is -2.50. The number of hydrogen-bond donors (Lipinski definition) is 2. The quantitative estimate of drug-likeness (QED) is 0.761. The van der Waals surface area contributed by atoms with Gasteiger partial charge in [0.05, 0.1) is 12.1 Å². The molecule has 26 heavy (non-hydrogen) atoms. The summed E-state index contributed by atoms with van der Waals surface area (Å²) in [6.07, 6.45) is 0.990. The molecule has 3 aromatic rings. The minimum Gasteiger partial charge on any atom is -0.451 e. The smallest absolute Gasteiger partial charge is 0.287 e. The average molecular weight is 348 g/mol. The minimum atomic E-state index is -0.249. The number of amides is 2. The van der Waals surface area contributed by atoms with Crippen molar-refractivity contribution in [2.45, 2.75) is 31.8 Å². The standard InChI is InChI=1S/C21H20N2O3/c1-13-15-9-5-6-10-17(15)26-20(13)21(25)22-16-11-12-18(24)23-19(16)14-7-3-2-4-8-14/h2-10,16,19H,11-12H2,1H3,(H,22,25)(H,23,24)/t16-,19+/m1/s1. The molecule has 0 unspecified atom stereocenters. The predicted octanol–water partition coefficient (Wildman–Crippen LogP) is 3.49. The van der Waals surface area contributed by atoms with Crippen LogP contribution in [0, 0.1) is 6.92 Å². The van der Waals surface area contributed by atoms with E-state index in [2.05, 4.69) is 10.6 Å². The maximum absolute atomic E-state index is 12.8. The number of hydrogen-bond acceptors (Lipinski definition) is 3. The number of piperidine rings is 1. The molecule has 0 saturated carbocycles. The molecule has 0 bridgehead atoms. The number of para-hydroxylation sites is 1. The SMILES string of the molecule is Cc1c(C(=O)N[C@@H]2CCC(=O)N[C@H]2c2ccccc2)oc2ccccc12. The molecule has 4 rings (SSSR count). The van der Waals surface area contributed by atoms with Gasteiger partial charge in [-0.3, -0.25) is 9.59 Å². The molecule has 0 spiro atoms. The normalized spacial score (nSPS) is 20.0. The van der Waals surface area contributed by atoms with E-state index in [0.717, 1.165) is 16.5 Å². The summed E-state index contributed by atoms with van der Waals surface area (Å²) >= 11 is 0. The second-order valence-electron chi connectivity index (χ2n) is 6.63. The molecule has 1 aliphatic heterocycles. The van der Waals surface area contributed by atoms with Crippen molar-refractivity contribution in [3.63, 3.8) is 0 Å². The van der Waals surface area contributed by atoms with Crippen molar-refractivity contribution in [2.75, 3.05) is 0 Å². The highest BCUT2D eigenvalue weighted by molar-refractivity contribution is 5.99. The van der Waals surface area contributed by atoms with E-state index in [9.17, 15) is 9.59 Å². The number of aryl methyl sites for hydroxylation is 1. The molecule has 1 fully saturated rings. The number of benzene rings is 2. The van der Waals surface area contributed by atoms with Crippen LogP contribution in [0.4, 0.5) is 0 Å². The molecule has 1 aromatic heterocycles. The highest BCUT2D eigenvalue weighted by atomic mass is 16.3. The Bertz CT molecular complexity index is 962. The maximum Gasteiger partial charge on any atom is 0.287 e. The summed E-state index contributed by atoms with van der Waals surface area (Å²) in [5.41, 5.74) is 2.51. The van der Waals surface area contributed by atoms with E-state index in [1.54, 1.807) is 0 Å². The molecular weight excluding hydrogens is 328 g/mol. The van der Waals surface area contributed by atoms with Crippen LogP contribution in [-0.2, 0) is 4.79 Å². The van der Waals surface area contributed by atoms with Crippen molar-refractivity contribution in [1.82, 2.24) is 10.6 Å². The van der Waals surface area contributed by atoms with Gasteiger partial charge in [0.1, 0.15) is 5.58 Å². The van der Waals surface area contributed by atoms with Crippen molar-refractivity contribution in [2.24, 2.45) is 0 Å². The number of furan rings is 1. The lowest BCUT2D eigenvalue weighted by atomic mass is 9.92. The van der Waals surface area contributed by atoms with Crippen LogP contribution in [0.3, 0.4) is 0 Å². The van der Waals surface area contributed by atoms with Crippen LogP contribution in [-0.4, -0.2) is 17.9 Å². The number of carbonyl (C=O) groups is 2. The zero-order valence-corrected chi connectivity index (χ0v) is 14.5. The first-order valence-corrected chi connectivity index (χ1v) is 8.77. The van der Waals surface area contributed by atoms with E-state index in [1.165, 1.54) is 0 Å². The summed E-state index contributed by atoms with van der Waals surface area (Å²) < 4.78 is 5.76. The second kappa shape index (κ2) is 6.67. The molecule has 2 heterocycles. The molecular formula is C21H20N2O3. The van der Waals surface area contributed by atoms with Gasteiger partial charge in [0.15, 0.2) is 5.76 Å². The van der Waals surface area contributed by atoms with E-state index in [-0.39, 0.29) is 23.9 Å². The molecule has 2 amide bonds. The molecule has 5 nitrogen and oxygen atoms in total. The fourth-order valence-corrected chi connectivity index (χ4v) is 3.56. The number of nitrogens with one attached hydrogen (secondary N) is 2. The number of rotatable bonds is 3. The third-order valence-electron chi connectivity index (χ3n) is 4.93. The van der Waals surface area contributed by atoms with Crippen molar-refractivity contribution in [3.8, 4) is 0 Å². The largest absolute Gasteiger partial charge is 0.451 e. The predicted molar refractivity (Wildman–Crippen MR) is 98.8 cm³/mol. The maximum atomic E-state index is 12.8. The molecule has 2 aromatic carbocycles. The molecule has 0 aliphatic carbocycles. The molecule has 132 valence electrons. The van der Waals surface area contributed by atoms with Gasteiger partial charge in [0.2, 0.25) is 5.91 Å². The van der Waals surface area contributed by atoms with E-state index in [4.69, 9.17) is 4.42 Å². The van der Waals surface area contributed by atoms with Crippen LogP contribution in [0.5, 0.6) is 0 Å². The topological polar surface area (TPSA) is 71.3 Å². The number of fused-ring (bicyclic) bond motifs is 1. The van der Waals surface area contributed by atoms with Crippen molar-refractivity contribution < 1.29 is 14.0 Å². The Balaban J connectivity index is 1.60. The molecule has 5 heteroatoms. The minimum absolute atomic E-state index is 0.00395. The fourth-order valence-electron chi connectivity index (χ4n) is 3.56. The van der Waals surface area contributed by atoms with Gasteiger partial charge in [0, 0.05) is 17.4 Å². The third-order valence-corrected chi connectivity index (χ3v) is 4.93. The lowest BCUT2D eigenvalue weighted by Gasteiger charge is -2.33. The van der Waals surface area contributed by atoms with Crippen molar-refractivity contribution in [3.05, 3.63) is 71.5 Å². The van der Waals surface area contributed by atoms with Crippen LogP contribution >= 0.6 is 0 Å². The Kier molecular flexibility index (Phi) is 4.21. The van der Waals surface area contributed by atoms with E-state index in [1.807, 2.05) is 61.5 Å². The van der Waals surface area contributed by atoms with Gasteiger partial charge < -0.3 is 15.1 Å². The average Bonchev–Trinajstić information content (AvgIpc) is 3.01. The molecule has 2 atom stereocenters. The zero-order valence-electron chi connectivity index (χ0n) is 14.5. The van der Waals surface area contributed by atoms with Crippen LogP contribution in [0.15, 0.2) is 59.0 Å². The van der Waals surface area contributed by atoms with Crippen LogP contribution in [0.1, 0.15) is 40.6 Å². The van der Waals surface area contributed by atoms with Gasteiger partial charge >= 0.3 is 0 Å². The van der Waals surface area contributed by atoms with Gasteiger partial charge in [-0.1, -0.05) is 48.5 Å². The highest BCUT2D eigenvalue weighted by Crippen LogP contribution is 2.27. The second-order valence-corrected chi connectivity index (χ2v) is 6.63. The molecule has 1 saturated heterocycles. The monoisotopic (exact) mass is 348 g/mol. The summed E-state index contributed by atoms with van der Waals surface area (Å²) in [4.78, 5) is 24.7. The summed E-state index contributed by atoms with van der Waals surface area (Å²) in [7, 11) is 0. The van der Waals surface area contributed by atoms with Gasteiger partial charge in [-0.05, 0) is 25.0 Å². The van der Waals surface area contributed by atoms with Crippen LogP contribution in [0.2, 0.25) is 0 Å². The zero-order chi connectivity index (χ0) is 18.1. The molecule has 0 radical (unpaired) electrons. The van der Waals surface area contributed by atoms with E-state index < -0.39 is 0 Å². The molecule has 1 aliphatic rings. The summed E-state index contributed by atoms with van der Waals surface area (Å²) in [5, 5.41) is 6.99. The van der Waals surface area contributed by atoms with E-state index in [0.29, 0.717) is 24.2 Å². The fraction of sp³-hybridized carbons (Fsp3) is 0.238. The first-order valence-electron chi connectivity index (χ1n) is 8.77. The molecule has 2 N–H and O–H groups in total. The Hall–Kier alpha value is -3.08. The first-order chi connectivity index (χ1) is 12.6. The Morgan fingerprint density at radius 2 is 1.85 bits per heavy atom. The van der Waals surface area contributed by atoms with Crippen LogP contribution < -0.4 is 10.6 Å². The highest BCUT2D eigenvalue weighted by Gasteiger charge is 2.32. The first kappa shape index (κ1) is 16.4. The van der Waals surface area contributed by atoms with Crippen molar-refractivity contribution >= 4 is 22.8 Å². The van der Waals surface area contributed by atoms with Crippen molar-refractivity contribution in [1.29, 1.82) is 0 Å². The Labute approximate surface area is 151 Å². The van der Waals surface area contributed by atoms with Gasteiger partial charge in [-0.2, -0.15) is 0 Å². The lowest BCUT2D eigenvalue weighted by molar-refractivity contribution is -0.123. The van der Waals surface area contributed by atoms with Gasteiger partial charge in [0.25, 0.3) is 5.91 Å². The number of carbonyl (C=O) groups excluding carboxylic acids is 2. The Morgan fingerprint density at radius 1 is 1.12 bits per heavy atom. The Morgan fingerprint density at radius 3 is 2.62 bits per heavy atom. The van der Waals surface area contributed by atoms with Gasteiger partial charge in [-0.25, -0.2) is 0 Å². The van der Waals surface area contributed by atoms with Gasteiger partial charge in [-0.15, -0.1) is 0 Å². The summed E-state index contributed by atoms with van der Waals surface area (Å²) in [6.45, 7) is 1.89.